The number of rotatable bonds is 9. The lowest BCUT2D eigenvalue weighted by Crippen LogP contribution is -2.36. The summed E-state index contributed by atoms with van der Waals surface area (Å²) >= 11 is 0. The first-order valence-corrected chi connectivity index (χ1v) is 10.6. The first-order chi connectivity index (χ1) is 14.4. The van der Waals surface area contributed by atoms with Crippen LogP contribution in [0.2, 0.25) is 0 Å². The molecule has 9 heteroatoms. The molecule has 0 aliphatic heterocycles. The highest BCUT2D eigenvalue weighted by molar-refractivity contribution is 7.89. The number of nitrogens with one attached hydrogen (secondary N) is 3. The average Bonchev–Trinajstić information content (AvgIpc) is 3.29. The predicted octanol–water partition coefficient (Wildman–Crippen LogP) is 1.80. The quantitative estimate of drug-likeness (QED) is 0.481. The number of amides is 2. The molecule has 8 nitrogen and oxygen atoms in total. The molecule has 3 N–H and O–H groups in total. The van der Waals surface area contributed by atoms with Crippen LogP contribution in [-0.4, -0.2) is 26.8 Å². The lowest BCUT2D eigenvalue weighted by molar-refractivity contribution is -0.120. The van der Waals surface area contributed by atoms with E-state index in [9.17, 15) is 18.0 Å². The first-order valence-electron chi connectivity index (χ1n) is 9.15. The molecular formula is C21H21N3O5S. The molecule has 0 saturated heterocycles. The van der Waals surface area contributed by atoms with Crippen molar-refractivity contribution in [1.29, 1.82) is 0 Å². The topological polar surface area (TPSA) is 118 Å². The summed E-state index contributed by atoms with van der Waals surface area (Å²) in [4.78, 5) is 24.1. The lowest BCUT2D eigenvalue weighted by Gasteiger charge is -2.09. The van der Waals surface area contributed by atoms with Crippen molar-refractivity contribution in [3.63, 3.8) is 0 Å². The molecule has 0 spiro atoms. The Hall–Kier alpha value is -3.43. The smallest absolute Gasteiger partial charge is 0.251 e. The predicted molar refractivity (Wildman–Crippen MR) is 110 cm³/mol. The van der Waals surface area contributed by atoms with E-state index in [2.05, 4.69) is 15.4 Å². The van der Waals surface area contributed by atoms with Gasteiger partial charge >= 0.3 is 0 Å². The van der Waals surface area contributed by atoms with E-state index < -0.39 is 21.8 Å². The summed E-state index contributed by atoms with van der Waals surface area (Å²) in [5.74, 6) is -0.355. The Morgan fingerprint density at radius 1 is 0.867 bits per heavy atom. The highest BCUT2D eigenvalue weighted by Crippen LogP contribution is 2.12. The summed E-state index contributed by atoms with van der Waals surface area (Å²) in [6.45, 7) is 0.0979. The molecule has 0 aliphatic carbocycles. The number of hydrogen-bond donors (Lipinski definition) is 3. The second-order valence-corrected chi connectivity index (χ2v) is 8.14. The largest absolute Gasteiger partial charge is 0.467 e. The number of carbonyl (C=O) groups excluding carboxylic acids is 2. The summed E-state index contributed by atoms with van der Waals surface area (Å²) in [5.41, 5.74) is 0.951. The molecule has 30 heavy (non-hydrogen) atoms. The fraction of sp³-hybridized carbons (Fsp3) is 0.143. The number of furan rings is 1. The maximum absolute atomic E-state index is 12.5. The molecule has 1 aromatic heterocycles. The van der Waals surface area contributed by atoms with Crippen molar-refractivity contribution < 1.29 is 22.4 Å². The molecule has 0 bridgehead atoms. The second-order valence-electron chi connectivity index (χ2n) is 6.38. The van der Waals surface area contributed by atoms with Crippen LogP contribution < -0.4 is 15.4 Å². The zero-order valence-corrected chi connectivity index (χ0v) is 16.8. The van der Waals surface area contributed by atoms with Crippen LogP contribution in [0, 0.1) is 0 Å². The molecule has 2 aromatic carbocycles. The monoisotopic (exact) mass is 427 g/mol. The summed E-state index contributed by atoms with van der Waals surface area (Å²) in [7, 11) is -3.80. The zero-order chi connectivity index (χ0) is 21.4. The third kappa shape index (κ3) is 6.03. The van der Waals surface area contributed by atoms with Crippen molar-refractivity contribution in [1.82, 2.24) is 15.4 Å². The maximum atomic E-state index is 12.5. The van der Waals surface area contributed by atoms with Gasteiger partial charge in [0.05, 0.1) is 24.2 Å². The van der Waals surface area contributed by atoms with Crippen LogP contribution >= 0.6 is 0 Å². The lowest BCUT2D eigenvalue weighted by atomic mass is 10.2. The van der Waals surface area contributed by atoms with Gasteiger partial charge in [-0.05, 0) is 35.9 Å². The third-order valence-electron chi connectivity index (χ3n) is 4.17. The molecule has 156 valence electrons. The molecule has 0 saturated carbocycles. The molecule has 1 heterocycles. The van der Waals surface area contributed by atoms with E-state index >= 15 is 0 Å². The minimum Gasteiger partial charge on any atom is -0.467 e. The van der Waals surface area contributed by atoms with Crippen molar-refractivity contribution in [3.05, 3.63) is 89.9 Å². The van der Waals surface area contributed by atoms with Crippen molar-refractivity contribution >= 4 is 21.8 Å². The summed E-state index contributed by atoms with van der Waals surface area (Å²) in [5, 5.41) is 5.08. The number of sulfonamides is 1. The van der Waals surface area contributed by atoms with Crippen molar-refractivity contribution in [3.8, 4) is 0 Å². The van der Waals surface area contributed by atoms with Crippen LogP contribution in [0.5, 0.6) is 0 Å². The van der Waals surface area contributed by atoms with E-state index in [4.69, 9.17) is 4.42 Å². The Balaban J connectivity index is 1.55. The van der Waals surface area contributed by atoms with Gasteiger partial charge in [-0.15, -0.1) is 0 Å². The third-order valence-corrected chi connectivity index (χ3v) is 5.56. The van der Waals surface area contributed by atoms with Crippen LogP contribution in [-0.2, 0) is 27.9 Å². The average molecular weight is 427 g/mol. The van der Waals surface area contributed by atoms with Gasteiger partial charge in [-0.25, -0.2) is 13.1 Å². The van der Waals surface area contributed by atoms with Gasteiger partial charge in [-0.3, -0.25) is 9.59 Å². The van der Waals surface area contributed by atoms with E-state index in [-0.39, 0.29) is 30.1 Å². The standard InChI is InChI=1S/C21H21N3O5S/c25-20(22-14-18-9-5-11-29-18)15-23-21(26)17-8-4-10-19(12-17)30(27,28)24-13-16-6-2-1-3-7-16/h1-12,24H,13-15H2,(H,22,25)(H,23,26). The number of benzene rings is 2. The molecule has 3 aromatic rings. The van der Waals surface area contributed by atoms with Gasteiger partial charge in [0.25, 0.3) is 5.91 Å². The summed E-state index contributed by atoms with van der Waals surface area (Å²) < 4.78 is 32.7. The zero-order valence-electron chi connectivity index (χ0n) is 16.0. The van der Waals surface area contributed by atoms with E-state index in [1.54, 1.807) is 12.1 Å². The van der Waals surface area contributed by atoms with Gasteiger partial charge in [0.2, 0.25) is 15.9 Å². The molecule has 0 atom stereocenters. The fourth-order valence-electron chi connectivity index (χ4n) is 2.59. The molecule has 0 radical (unpaired) electrons. The van der Waals surface area contributed by atoms with Gasteiger partial charge < -0.3 is 15.1 Å². The Labute approximate surface area is 174 Å². The molecule has 0 fully saturated rings. The molecular weight excluding hydrogens is 406 g/mol. The first kappa shape index (κ1) is 21.3. The van der Waals surface area contributed by atoms with Gasteiger partial charge in [0.1, 0.15) is 5.76 Å². The van der Waals surface area contributed by atoms with E-state index in [1.807, 2.05) is 30.3 Å². The molecule has 2 amide bonds. The summed E-state index contributed by atoms with van der Waals surface area (Å²) in [6, 6.07) is 18.2. The van der Waals surface area contributed by atoms with Crippen LogP contribution in [0.1, 0.15) is 21.7 Å². The Morgan fingerprint density at radius 2 is 1.67 bits per heavy atom. The van der Waals surface area contributed by atoms with Crippen LogP contribution in [0.15, 0.2) is 82.3 Å². The van der Waals surface area contributed by atoms with Gasteiger partial charge in [-0.1, -0.05) is 36.4 Å². The van der Waals surface area contributed by atoms with Crippen LogP contribution in [0.25, 0.3) is 0 Å². The van der Waals surface area contributed by atoms with Gasteiger partial charge in [0.15, 0.2) is 0 Å². The van der Waals surface area contributed by atoms with Crippen LogP contribution in [0.4, 0.5) is 0 Å². The Bertz CT molecular complexity index is 1100. The SMILES string of the molecule is O=C(CNC(=O)c1cccc(S(=O)(=O)NCc2ccccc2)c1)NCc1ccco1. The highest BCUT2D eigenvalue weighted by Gasteiger charge is 2.16. The molecule has 3 rings (SSSR count). The highest BCUT2D eigenvalue weighted by atomic mass is 32.2. The van der Waals surface area contributed by atoms with E-state index in [1.165, 1.54) is 30.5 Å². The van der Waals surface area contributed by atoms with Crippen LogP contribution in [0.3, 0.4) is 0 Å². The second kappa shape index (κ2) is 9.86. The Morgan fingerprint density at radius 3 is 2.40 bits per heavy atom. The summed E-state index contributed by atoms with van der Waals surface area (Å²) in [6.07, 6.45) is 1.50. The maximum Gasteiger partial charge on any atom is 0.251 e. The fourth-order valence-corrected chi connectivity index (χ4v) is 3.65. The normalized spacial score (nSPS) is 11.1. The molecule has 0 aliphatic rings. The van der Waals surface area contributed by atoms with Gasteiger partial charge in [0, 0.05) is 12.1 Å². The minimum atomic E-state index is -3.80. The minimum absolute atomic E-state index is 0.0339. The van der Waals surface area contributed by atoms with Crippen molar-refractivity contribution in [2.24, 2.45) is 0 Å². The van der Waals surface area contributed by atoms with Gasteiger partial charge in [-0.2, -0.15) is 0 Å². The Kier molecular flexibility index (Phi) is 6.99. The van der Waals surface area contributed by atoms with E-state index in [0.29, 0.717) is 5.76 Å². The molecule has 0 unspecified atom stereocenters. The van der Waals surface area contributed by atoms with Crippen molar-refractivity contribution in [2.45, 2.75) is 18.0 Å². The van der Waals surface area contributed by atoms with Crippen molar-refractivity contribution in [2.75, 3.05) is 6.54 Å². The van der Waals surface area contributed by atoms with E-state index in [0.717, 1.165) is 5.56 Å². The number of carbonyl (C=O) groups is 2. The number of hydrogen-bond acceptors (Lipinski definition) is 5.